The predicted octanol–water partition coefficient (Wildman–Crippen LogP) is 5.57. The number of nitrogens with one attached hydrogen (secondary N) is 4. The van der Waals surface area contributed by atoms with Crippen LogP contribution in [-0.4, -0.2) is 31.9 Å². The van der Waals surface area contributed by atoms with Crippen molar-refractivity contribution in [2.75, 3.05) is 0 Å². The number of H-pyrrole nitrogens is 3. The fourth-order valence-corrected chi connectivity index (χ4v) is 5.80. The van der Waals surface area contributed by atoms with Crippen molar-refractivity contribution in [3.63, 3.8) is 0 Å². The van der Waals surface area contributed by atoms with Gasteiger partial charge in [0.25, 0.3) is 5.91 Å². The van der Waals surface area contributed by atoms with Crippen molar-refractivity contribution in [2.24, 2.45) is 0 Å². The summed E-state index contributed by atoms with van der Waals surface area (Å²) in [5.41, 5.74) is 13.5. The molecule has 5 N–H and O–H groups in total. The van der Waals surface area contributed by atoms with Crippen LogP contribution in [0.1, 0.15) is 82.8 Å². The van der Waals surface area contributed by atoms with Crippen LogP contribution in [-0.2, 0) is 28.9 Å². The standard InChI is InChI=1S/C36H42N4O3/c1-10-25-20(5)24(9)37-32(25)17-30-22(7)27(13-12-19(3)4)33(39-30)18-34-28(14-15-35(41)42)23(8)29(38-34)16-31-21(6)26(11-2)36(43)40-31/h10-11,16-17,37-39H,1-3,9,12-15,18H2,4-8H3,(H,40,43)(H,41,42)/b31-16-,32-17+. The summed E-state index contributed by atoms with van der Waals surface area (Å²) in [4.78, 5) is 34.6. The number of hydrogen-bond acceptors (Lipinski definition) is 2. The van der Waals surface area contributed by atoms with E-state index in [1.165, 1.54) is 5.56 Å². The van der Waals surface area contributed by atoms with Crippen LogP contribution in [0.3, 0.4) is 0 Å². The van der Waals surface area contributed by atoms with E-state index in [1.807, 2.05) is 39.8 Å². The zero-order chi connectivity index (χ0) is 31.6. The summed E-state index contributed by atoms with van der Waals surface area (Å²) in [6.07, 6.45) is 10.1. The summed E-state index contributed by atoms with van der Waals surface area (Å²) in [5.74, 6) is -1.02. The molecule has 0 saturated heterocycles. The molecule has 4 heterocycles. The van der Waals surface area contributed by atoms with Gasteiger partial charge in [-0.2, -0.15) is 0 Å². The lowest BCUT2D eigenvalue weighted by atomic mass is 9.97. The van der Waals surface area contributed by atoms with Gasteiger partial charge in [-0.15, -0.1) is 6.58 Å². The van der Waals surface area contributed by atoms with E-state index in [4.69, 9.17) is 0 Å². The number of carbonyl (C=O) groups is 2. The number of carbonyl (C=O) groups excluding carboxylic acids is 1. The minimum absolute atomic E-state index is 0.0210. The Morgan fingerprint density at radius 2 is 1.44 bits per heavy atom. The highest BCUT2D eigenvalue weighted by Gasteiger charge is 2.24. The summed E-state index contributed by atoms with van der Waals surface area (Å²) in [5, 5.41) is 14.2. The third-order valence-electron chi connectivity index (χ3n) is 8.48. The van der Waals surface area contributed by atoms with Crippen LogP contribution >= 0.6 is 0 Å². The molecule has 0 bridgehead atoms. The number of aliphatic carboxylic acids is 1. The fraction of sp³-hybridized carbons (Fsp3) is 0.278. The molecule has 0 aromatic carbocycles. The topological polar surface area (TPSA) is 114 Å². The molecule has 0 radical (unpaired) electrons. The summed E-state index contributed by atoms with van der Waals surface area (Å²) >= 11 is 0. The maximum Gasteiger partial charge on any atom is 0.303 e. The molecule has 7 heteroatoms. The highest BCUT2D eigenvalue weighted by atomic mass is 16.4. The minimum Gasteiger partial charge on any atom is -0.481 e. The second-order valence-electron chi connectivity index (χ2n) is 11.4. The molecule has 1 aliphatic rings. The average molecular weight is 579 g/mol. The SMILES string of the molecule is C=CC1=C(C)/C(=C/c2[nH]c(Cc3[nH]c(/C=c4/[nH]c(=C)c(C)c4C=C)c(C)c3CCC(=C)C)c(CCC(=O)O)c2C)NC1=O. The molecule has 0 aliphatic carbocycles. The van der Waals surface area contributed by atoms with Gasteiger partial charge in [0.05, 0.1) is 0 Å². The number of rotatable bonds is 12. The molecule has 0 saturated carbocycles. The molecule has 7 nitrogen and oxygen atoms in total. The van der Waals surface area contributed by atoms with Gasteiger partial charge in [-0.05, 0) is 99.4 Å². The Labute approximate surface area is 253 Å². The Hall–Kier alpha value is -4.78. The highest BCUT2D eigenvalue weighted by molar-refractivity contribution is 6.03. The van der Waals surface area contributed by atoms with E-state index in [0.29, 0.717) is 24.1 Å². The van der Waals surface area contributed by atoms with Crippen molar-refractivity contribution in [2.45, 2.75) is 66.7 Å². The Morgan fingerprint density at radius 3 is 1.95 bits per heavy atom. The van der Waals surface area contributed by atoms with Gasteiger partial charge in [-0.25, -0.2) is 0 Å². The molecule has 0 spiro atoms. The smallest absolute Gasteiger partial charge is 0.303 e. The lowest BCUT2D eigenvalue weighted by Gasteiger charge is -2.08. The van der Waals surface area contributed by atoms with E-state index >= 15 is 0 Å². The Kier molecular flexibility index (Phi) is 9.14. The maximum atomic E-state index is 12.4. The van der Waals surface area contributed by atoms with Gasteiger partial charge in [0.2, 0.25) is 0 Å². The quantitative estimate of drug-likeness (QED) is 0.181. The number of aromatic amines is 3. The Bertz CT molecular complexity index is 1830. The van der Waals surface area contributed by atoms with Crippen molar-refractivity contribution in [1.82, 2.24) is 20.3 Å². The van der Waals surface area contributed by atoms with Crippen LogP contribution in [0.15, 0.2) is 48.2 Å². The van der Waals surface area contributed by atoms with E-state index in [-0.39, 0.29) is 12.3 Å². The van der Waals surface area contributed by atoms with Crippen molar-refractivity contribution < 1.29 is 14.7 Å². The largest absolute Gasteiger partial charge is 0.481 e. The van der Waals surface area contributed by atoms with Crippen LogP contribution in [0.4, 0.5) is 0 Å². The van der Waals surface area contributed by atoms with E-state index < -0.39 is 5.97 Å². The van der Waals surface area contributed by atoms with Gasteiger partial charge in [-0.1, -0.05) is 37.5 Å². The van der Waals surface area contributed by atoms with Crippen LogP contribution in [0, 0.1) is 20.8 Å². The van der Waals surface area contributed by atoms with Crippen molar-refractivity contribution in [3.8, 4) is 0 Å². The second-order valence-corrected chi connectivity index (χ2v) is 11.4. The lowest BCUT2D eigenvalue weighted by Crippen LogP contribution is -2.15. The third-order valence-corrected chi connectivity index (χ3v) is 8.48. The first kappa shape index (κ1) is 31.2. The van der Waals surface area contributed by atoms with E-state index in [0.717, 1.165) is 85.3 Å². The van der Waals surface area contributed by atoms with Gasteiger partial charge in [0, 0.05) is 63.1 Å². The summed E-state index contributed by atoms with van der Waals surface area (Å²) in [6, 6.07) is 0. The first-order valence-electron chi connectivity index (χ1n) is 14.5. The molecule has 1 amide bonds. The number of aromatic nitrogens is 3. The molecule has 224 valence electrons. The maximum absolute atomic E-state index is 12.4. The van der Waals surface area contributed by atoms with Gasteiger partial charge in [0.1, 0.15) is 0 Å². The number of hydrogen-bond donors (Lipinski definition) is 5. The summed E-state index contributed by atoms with van der Waals surface area (Å²) in [6.45, 7) is 26.1. The van der Waals surface area contributed by atoms with Crippen molar-refractivity contribution >= 4 is 36.7 Å². The Balaban J connectivity index is 1.84. The van der Waals surface area contributed by atoms with Gasteiger partial charge in [-0.3, -0.25) is 9.59 Å². The first-order valence-corrected chi connectivity index (χ1v) is 14.5. The minimum atomic E-state index is -0.845. The number of allylic oxidation sites excluding steroid dienone is 2. The molecular weight excluding hydrogens is 536 g/mol. The molecule has 0 fully saturated rings. The molecular formula is C36H42N4O3. The second kappa shape index (κ2) is 12.6. The van der Waals surface area contributed by atoms with Crippen LogP contribution in [0.25, 0.3) is 24.8 Å². The predicted molar refractivity (Wildman–Crippen MR) is 176 cm³/mol. The number of carboxylic acids is 1. The fourth-order valence-electron chi connectivity index (χ4n) is 5.80. The average Bonchev–Trinajstić information content (AvgIpc) is 3.59. The van der Waals surface area contributed by atoms with Crippen LogP contribution in [0.5, 0.6) is 0 Å². The van der Waals surface area contributed by atoms with Gasteiger partial charge in [0.15, 0.2) is 0 Å². The van der Waals surface area contributed by atoms with Gasteiger partial charge < -0.3 is 25.4 Å². The Morgan fingerprint density at radius 1 is 0.860 bits per heavy atom. The van der Waals surface area contributed by atoms with E-state index in [9.17, 15) is 14.7 Å². The number of carboxylic acid groups (broad SMARTS) is 1. The first-order chi connectivity index (χ1) is 20.4. The molecule has 1 aliphatic heterocycles. The molecule has 0 atom stereocenters. The molecule has 3 aromatic heterocycles. The summed E-state index contributed by atoms with van der Waals surface area (Å²) in [7, 11) is 0. The van der Waals surface area contributed by atoms with Crippen molar-refractivity contribution in [1.29, 1.82) is 0 Å². The number of amides is 1. The third kappa shape index (κ3) is 6.36. The van der Waals surface area contributed by atoms with Gasteiger partial charge >= 0.3 is 5.97 Å². The summed E-state index contributed by atoms with van der Waals surface area (Å²) < 4.78 is 0. The zero-order valence-corrected chi connectivity index (χ0v) is 25.9. The van der Waals surface area contributed by atoms with Crippen molar-refractivity contribution in [3.05, 3.63) is 115 Å². The molecule has 4 rings (SSSR count). The normalized spacial score (nSPS) is 14.6. The van der Waals surface area contributed by atoms with E-state index in [1.54, 1.807) is 6.08 Å². The molecule has 43 heavy (non-hydrogen) atoms. The lowest BCUT2D eigenvalue weighted by molar-refractivity contribution is -0.137. The molecule has 3 aromatic rings. The monoisotopic (exact) mass is 578 g/mol. The van der Waals surface area contributed by atoms with Crippen LogP contribution in [0.2, 0.25) is 0 Å². The highest BCUT2D eigenvalue weighted by Crippen LogP contribution is 2.30. The zero-order valence-electron chi connectivity index (χ0n) is 25.9. The van der Waals surface area contributed by atoms with Crippen LogP contribution < -0.4 is 16.0 Å². The molecule has 0 unspecified atom stereocenters. The van der Waals surface area contributed by atoms with E-state index in [2.05, 4.69) is 59.6 Å².